The first kappa shape index (κ1) is 19.8. The van der Waals surface area contributed by atoms with Gasteiger partial charge in [-0.3, -0.25) is 4.90 Å². The van der Waals surface area contributed by atoms with Crippen molar-refractivity contribution in [3.63, 3.8) is 0 Å². The molecule has 160 valence electrons. The highest BCUT2D eigenvalue weighted by Crippen LogP contribution is 2.39. The van der Waals surface area contributed by atoms with E-state index >= 15 is 0 Å². The summed E-state index contributed by atoms with van der Waals surface area (Å²) in [4.78, 5) is 11.6. The lowest BCUT2D eigenvalue weighted by Crippen LogP contribution is -2.55. The molecule has 1 saturated heterocycles. The highest BCUT2D eigenvalue weighted by atomic mass is 16.5. The second kappa shape index (κ2) is 7.20. The Hall–Kier alpha value is -3.18. The molecule has 0 bridgehead atoms. The molecule has 0 spiro atoms. The molecule has 8 heteroatoms. The number of fused-ring (bicyclic) bond motifs is 3. The number of ether oxygens (including phenoxy) is 1. The SMILES string of the molecule is CC(C)n1ncnc1-c1cn2c(n1)-c1ccc(C3CN(C(C)(C)C#N)C3)cc1OCC2. The van der Waals surface area contributed by atoms with E-state index in [-0.39, 0.29) is 6.04 Å². The van der Waals surface area contributed by atoms with Gasteiger partial charge in [-0.05, 0) is 45.4 Å². The van der Waals surface area contributed by atoms with E-state index in [2.05, 4.69) is 57.7 Å². The van der Waals surface area contributed by atoms with E-state index < -0.39 is 5.54 Å². The van der Waals surface area contributed by atoms with Gasteiger partial charge in [0.2, 0.25) is 0 Å². The minimum Gasteiger partial charge on any atom is -0.491 e. The van der Waals surface area contributed by atoms with Crippen LogP contribution in [0.3, 0.4) is 0 Å². The highest BCUT2D eigenvalue weighted by molar-refractivity contribution is 5.69. The van der Waals surface area contributed by atoms with Gasteiger partial charge in [-0.2, -0.15) is 10.4 Å². The summed E-state index contributed by atoms with van der Waals surface area (Å²) in [5, 5.41) is 13.7. The molecule has 0 N–H and O–H groups in total. The maximum atomic E-state index is 9.36. The number of benzene rings is 1. The second-order valence-electron chi connectivity index (χ2n) is 9.14. The Morgan fingerprint density at radius 3 is 2.77 bits per heavy atom. The topological polar surface area (TPSA) is 84.8 Å². The largest absolute Gasteiger partial charge is 0.491 e. The van der Waals surface area contributed by atoms with E-state index in [9.17, 15) is 5.26 Å². The van der Waals surface area contributed by atoms with E-state index in [1.807, 2.05) is 24.7 Å². The highest BCUT2D eigenvalue weighted by Gasteiger charge is 2.38. The predicted octanol–water partition coefficient (Wildman–Crippen LogP) is 3.48. The van der Waals surface area contributed by atoms with Gasteiger partial charge in [-0.15, -0.1) is 0 Å². The van der Waals surface area contributed by atoms with Crippen LogP contribution in [0.2, 0.25) is 0 Å². The van der Waals surface area contributed by atoms with Crippen LogP contribution < -0.4 is 4.74 Å². The predicted molar refractivity (Wildman–Crippen MR) is 117 cm³/mol. The lowest BCUT2D eigenvalue weighted by molar-refractivity contribution is 0.0696. The van der Waals surface area contributed by atoms with Crippen molar-refractivity contribution in [3.05, 3.63) is 36.3 Å². The van der Waals surface area contributed by atoms with Crippen molar-refractivity contribution in [2.75, 3.05) is 19.7 Å². The lowest BCUT2D eigenvalue weighted by Gasteiger charge is -2.46. The Morgan fingerprint density at radius 2 is 2.03 bits per heavy atom. The molecular weight excluding hydrogens is 390 g/mol. The zero-order chi connectivity index (χ0) is 21.8. The summed E-state index contributed by atoms with van der Waals surface area (Å²) in [6, 6.07) is 9.04. The fourth-order valence-corrected chi connectivity index (χ4v) is 4.29. The number of likely N-dealkylation sites (tertiary alicyclic amines) is 1. The Balaban J connectivity index is 1.45. The molecule has 0 aliphatic carbocycles. The van der Waals surface area contributed by atoms with E-state index in [0.717, 1.165) is 48.3 Å². The van der Waals surface area contributed by atoms with E-state index in [4.69, 9.17) is 9.72 Å². The fourth-order valence-electron chi connectivity index (χ4n) is 4.29. The van der Waals surface area contributed by atoms with Gasteiger partial charge in [0.15, 0.2) is 5.82 Å². The fraction of sp³-hybridized carbons (Fsp3) is 0.478. The number of nitrogens with zero attached hydrogens (tertiary/aromatic N) is 7. The van der Waals surface area contributed by atoms with Crippen LogP contribution in [0.1, 0.15) is 45.2 Å². The molecule has 0 saturated carbocycles. The minimum atomic E-state index is -0.420. The average molecular weight is 418 g/mol. The van der Waals surface area contributed by atoms with Crippen LogP contribution in [0.5, 0.6) is 5.75 Å². The third-order valence-electron chi connectivity index (χ3n) is 6.32. The Bertz CT molecular complexity index is 1160. The molecule has 0 radical (unpaired) electrons. The molecule has 4 heterocycles. The average Bonchev–Trinajstić information content (AvgIpc) is 3.31. The maximum absolute atomic E-state index is 9.36. The molecule has 0 atom stereocenters. The smallest absolute Gasteiger partial charge is 0.178 e. The van der Waals surface area contributed by atoms with Gasteiger partial charge in [0.25, 0.3) is 0 Å². The van der Waals surface area contributed by atoms with Gasteiger partial charge in [-0.1, -0.05) is 6.07 Å². The molecule has 0 amide bonds. The minimum absolute atomic E-state index is 0.213. The standard InChI is InChI=1S/C23H27N7O/c1-15(2)30-22(25-14-26-30)19-12-28-7-8-31-20-9-16(5-6-18(20)21(28)27-19)17-10-29(11-17)23(3,4)13-24/h5-6,9,12,14-15,17H,7-8,10-11H2,1-4H3. The van der Waals surface area contributed by atoms with Gasteiger partial charge >= 0.3 is 0 Å². The quantitative estimate of drug-likeness (QED) is 0.646. The molecule has 3 aromatic rings. The molecule has 5 rings (SSSR count). The van der Waals surface area contributed by atoms with E-state index in [1.54, 1.807) is 6.33 Å². The van der Waals surface area contributed by atoms with Crippen LogP contribution >= 0.6 is 0 Å². The third kappa shape index (κ3) is 3.29. The van der Waals surface area contributed by atoms with Gasteiger partial charge in [-0.25, -0.2) is 14.6 Å². The number of imidazole rings is 1. The van der Waals surface area contributed by atoms with Gasteiger partial charge in [0.05, 0.1) is 18.2 Å². The van der Waals surface area contributed by atoms with Gasteiger partial charge < -0.3 is 9.30 Å². The number of nitriles is 1. The molecule has 0 unspecified atom stereocenters. The van der Waals surface area contributed by atoms with Crippen molar-refractivity contribution in [1.29, 1.82) is 5.26 Å². The van der Waals surface area contributed by atoms with Gasteiger partial charge in [0.1, 0.15) is 35.7 Å². The maximum Gasteiger partial charge on any atom is 0.178 e. The van der Waals surface area contributed by atoms with E-state index in [0.29, 0.717) is 12.5 Å². The molecule has 2 aliphatic heterocycles. The van der Waals surface area contributed by atoms with Crippen molar-refractivity contribution >= 4 is 0 Å². The monoisotopic (exact) mass is 417 g/mol. The summed E-state index contributed by atoms with van der Waals surface area (Å²) < 4.78 is 10.1. The van der Waals surface area contributed by atoms with Crippen molar-refractivity contribution in [2.45, 2.75) is 51.7 Å². The normalized spacial score (nSPS) is 16.8. The summed E-state index contributed by atoms with van der Waals surface area (Å²) in [6.45, 7) is 11.2. The summed E-state index contributed by atoms with van der Waals surface area (Å²) in [7, 11) is 0. The molecule has 31 heavy (non-hydrogen) atoms. The lowest BCUT2D eigenvalue weighted by atomic mass is 9.86. The van der Waals surface area contributed by atoms with Crippen LogP contribution in [0.4, 0.5) is 0 Å². The number of aromatic nitrogens is 5. The van der Waals surface area contributed by atoms with Crippen molar-refractivity contribution in [2.24, 2.45) is 0 Å². The number of rotatable bonds is 4. The van der Waals surface area contributed by atoms with E-state index in [1.165, 1.54) is 5.56 Å². The summed E-state index contributed by atoms with van der Waals surface area (Å²) >= 11 is 0. The molecule has 2 aromatic heterocycles. The molecular formula is C23H27N7O. The van der Waals surface area contributed by atoms with Gasteiger partial charge in [0, 0.05) is 31.2 Å². The van der Waals surface area contributed by atoms with Crippen LogP contribution in [0, 0.1) is 11.3 Å². The summed E-state index contributed by atoms with van der Waals surface area (Å²) in [6.07, 6.45) is 3.62. The Morgan fingerprint density at radius 1 is 1.23 bits per heavy atom. The molecule has 2 aliphatic rings. The van der Waals surface area contributed by atoms with Crippen LogP contribution in [-0.4, -0.2) is 54.5 Å². The first-order chi connectivity index (χ1) is 14.9. The third-order valence-corrected chi connectivity index (χ3v) is 6.32. The van der Waals surface area contributed by atoms with Crippen molar-refractivity contribution < 1.29 is 4.74 Å². The molecule has 1 aromatic carbocycles. The summed E-state index contributed by atoms with van der Waals surface area (Å²) in [5.41, 5.74) is 2.66. The number of hydrogen-bond donors (Lipinski definition) is 0. The Labute approximate surface area is 182 Å². The van der Waals surface area contributed by atoms with Crippen LogP contribution in [0.15, 0.2) is 30.7 Å². The first-order valence-corrected chi connectivity index (χ1v) is 10.8. The zero-order valence-corrected chi connectivity index (χ0v) is 18.4. The molecule has 8 nitrogen and oxygen atoms in total. The second-order valence-corrected chi connectivity index (χ2v) is 9.14. The van der Waals surface area contributed by atoms with Crippen LogP contribution in [-0.2, 0) is 6.54 Å². The van der Waals surface area contributed by atoms with Crippen LogP contribution in [0.25, 0.3) is 22.9 Å². The summed E-state index contributed by atoms with van der Waals surface area (Å²) in [5.74, 6) is 2.97. The first-order valence-electron chi connectivity index (χ1n) is 10.8. The van der Waals surface area contributed by atoms with Crippen molar-refractivity contribution in [1.82, 2.24) is 29.2 Å². The zero-order valence-electron chi connectivity index (χ0n) is 18.4. The Kier molecular flexibility index (Phi) is 4.59. The molecule has 1 fully saturated rings. The number of hydrogen-bond acceptors (Lipinski definition) is 6. The van der Waals surface area contributed by atoms with Crippen molar-refractivity contribution in [3.8, 4) is 34.7 Å².